The molecule has 0 saturated heterocycles. The number of alkyl halides is 3. The lowest BCUT2D eigenvalue weighted by Crippen LogP contribution is -2.16. The monoisotopic (exact) mass is 605 g/mol. The molecule has 1 saturated carbocycles. The van der Waals surface area contributed by atoms with Gasteiger partial charge in [0.1, 0.15) is 18.0 Å². The summed E-state index contributed by atoms with van der Waals surface area (Å²) in [7, 11) is 0. The van der Waals surface area contributed by atoms with Crippen LogP contribution in [0.25, 0.3) is 15.9 Å². The molecule has 6 rings (SSSR count). The normalized spacial score (nSPS) is 13.3. The van der Waals surface area contributed by atoms with Crippen LogP contribution in [0.4, 0.5) is 30.4 Å². The predicted molar refractivity (Wildman–Crippen MR) is 159 cm³/mol. The summed E-state index contributed by atoms with van der Waals surface area (Å²) in [5, 5.41) is 10.5. The van der Waals surface area contributed by atoms with Crippen molar-refractivity contribution in [2.45, 2.75) is 45.8 Å². The van der Waals surface area contributed by atoms with Crippen LogP contribution in [0, 0.1) is 20.8 Å². The van der Waals surface area contributed by atoms with Gasteiger partial charge in [0.05, 0.1) is 27.0 Å². The van der Waals surface area contributed by atoms with Crippen LogP contribution in [-0.4, -0.2) is 37.4 Å². The van der Waals surface area contributed by atoms with Crippen molar-refractivity contribution >= 4 is 50.6 Å². The van der Waals surface area contributed by atoms with Gasteiger partial charge < -0.3 is 20.5 Å². The third kappa shape index (κ3) is 5.93. The molecule has 0 radical (unpaired) electrons. The Morgan fingerprint density at radius 2 is 1.79 bits per heavy atom. The van der Waals surface area contributed by atoms with E-state index in [0.29, 0.717) is 45.7 Å². The third-order valence-electron chi connectivity index (χ3n) is 7.05. The highest BCUT2D eigenvalue weighted by Gasteiger charge is 2.32. The fraction of sp³-hybridized carbons (Fsp3) is 0.233. The Morgan fingerprint density at radius 3 is 2.49 bits per heavy atom. The number of hydrogen-bond acceptors (Lipinski definition) is 7. The zero-order valence-corrected chi connectivity index (χ0v) is 24.2. The smallest absolute Gasteiger partial charge is 0.366 e. The summed E-state index contributed by atoms with van der Waals surface area (Å²) in [5.41, 5.74) is 2.04. The zero-order chi connectivity index (χ0) is 30.5. The molecule has 2 aromatic carbocycles. The predicted octanol–water partition coefficient (Wildman–Crippen LogP) is 6.90. The number of halogens is 3. The van der Waals surface area contributed by atoms with Gasteiger partial charge in [-0.2, -0.15) is 13.2 Å². The van der Waals surface area contributed by atoms with Crippen molar-refractivity contribution in [3.05, 3.63) is 88.1 Å². The Kier molecular flexibility index (Phi) is 7.12. The van der Waals surface area contributed by atoms with E-state index < -0.39 is 23.6 Å². The number of aryl methyl sites for hydroxylation is 3. The molecule has 9 nitrogen and oxygen atoms in total. The molecule has 220 valence electrons. The molecule has 3 N–H and O–H groups in total. The first-order chi connectivity index (χ1) is 20.5. The summed E-state index contributed by atoms with van der Waals surface area (Å²) in [6, 6.07) is 8.42. The largest absolute Gasteiger partial charge is 0.416 e. The molecule has 0 spiro atoms. The van der Waals surface area contributed by atoms with Crippen LogP contribution in [0.1, 0.15) is 56.2 Å². The lowest BCUT2D eigenvalue weighted by atomic mass is 10.1. The quantitative estimate of drug-likeness (QED) is 0.186. The Hall–Kier alpha value is -4.78. The van der Waals surface area contributed by atoms with Crippen LogP contribution in [-0.2, 0) is 6.18 Å². The summed E-state index contributed by atoms with van der Waals surface area (Å²) < 4.78 is 43.6. The van der Waals surface area contributed by atoms with Crippen molar-refractivity contribution in [1.29, 1.82) is 0 Å². The number of fused-ring (bicyclic) bond motifs is 1. The molecule has 3 heterocycles. The van der Waals surface area contributed by atoms with Gasteiger partial charge in [-0.1, -0.05) is 6.07 Å². The van der Waals surface area contributed by atoms with Gasteiger partial charge in [0.15, 0.2) is 0 Å². The molecular weight excluding hydrogens is 579 g/mol. The number of thiophene rings is 1. The second-order valence-corrected chi connectivity index (χ2v) is 11.4. The number of anilines is 3. The number of aromatic nitrogens is 4. The third-order valence-corrected chi connectivity index (χ3v) is 8.02. The maximum absolute atomic E-state index is 13.8. The fourth-order valence-corrected chi connectivity index (χ4v) is 5.64. The highest BCUT2D eigenvalue weighted by molar-refractivity contribution is 7.18. The van der Waals surface area contributed by atoms with Crippen molar-refractivity contribution < 1.29 is 22.8 Å². The van der Waals surface area contributed by atoms with Crippen LogP contribution in [0.3, 0.4) is 0 Å². The van der Waals surface area contributed by atoms with E-state index in [4.69, 9.17) is 0 Å². The van der Waals surface area contributed by atoms with E-state index in [1.165, 1.54) is 34.4 Å². The fourth-order valence-electron chi connectivity index (χ4n) is 4.69. The molecule has 0 bridgehead atoms. The Labute approximate surface area is 248 Å². The first-order valence-electron chi connectivity index (χ1n) is 13.4. The van der Waals surface area contributed by atoms with Crippen LogP contribution < -0.4 is 16.0 Å². The van der Waals surface area contributed by atoms with Gasteiger partial charge in [-0.3, -0.25) is 9.59 Å². The number of nitrogens with zero attached hydrogens (tertiary/aromatic N) is 4. The highest BCUT2D eigenvalue weighted by atomic mass is 32.1. The maximum Gasteiger partial charge on any atom is 0.416 e. The number of rotatable bonds is 7. The van der Waals surface area contributed by atoms with Crippen molar-refractivity contribution in [2.75, 3.05) is 16.0 Å². The topological polar surface area (TPSA) is 114 Å². The number of imidazole rings is 1. The van der Waals surface area contributed by atoms with E-state index in [1.807, 2.05) is 0 Å². The van der Waals surface area contributed by atoms with Crippen molar-refractivity contribution in [1.82, 2.24) is 19.5 Å². The summed E-state index contributed by atoms with van der Waals surface area (Å²) >= 11 is 1.37. The Morgan fingerprint density at radius 1 is 1.00 bits per heavy atom. The number of carbonyl (C=O) groups excluding carboxylic acids is 2. The first-order valence-corrected chi connectivity index (χ1v) is 14.3. The average molecular weight is 606 g/mol. The van der Waals surface area contributed by atoms with Gasteiger partial charge in [-0.25, -0.2) is 15.0 Å². The van der Waals surface area contributed by atoms with Crippen LogP contribution in [0.5, 0.6) is 0 Å². The Bertz CT molecular complexity index is 1890. The Balaban J connectivity index is 1.25. The van der Waals surface area contributed by atoms with Gasteiger partial charge in [0.2, 0.25) is 0 Å². The van der Waals surface area contributed by atoms with Crippen molar-refractivity contribution in [3.8, 4) is 5.69 Å². The standard InChI is InChI=1S/C30H26F3N7O2S/c1-15-4-5-18(8-24(15)39-29(42)23-13-43-26-25(23)34-14-35-27(26)37-20-6-7-20)28(41)38-21-9-19(30(31,32)33)10-22(11-21)40-12-16(2)36-17(40)3/h4-5,8-14,20H,6-7H2,1-3H3,(H,38,41)(H,39,42)(H,34,35,37). The SMILES string of the molecule is Cc1cn(-c2cc(NC(=O)c3ccc(C)c(NC(=O)c4csc5c(NC6CC6)ncnc45)c3)cc(C(F)(F)F)c2)c(C)n1. The number of carbonyl (C=O) groups is 2. The minimum absolute atomic E-state index is 0.0354. The van der Waals surface area contributed by atoms with E-state index in [0.717, 1.165) is 29.7 Å². The van der Waals surface area contributed by atoms with Gasteiger partial charge >= 0.3 is 6.18 Å². The molecule has 2 amide bonds. The molecule has 13 heteroatoms. The van der Waals surface area contributed by atoms with E-state index in [-0.39, 0.29) is 16.9 Å². The van der Waals surface area contributed by atoms with Gasteiger partial charge in [-0.05, 0) is 69.5 Å². The zero-order valence-electron chi connectivity index (χ0n) is 23.3. The molecule has 3 aromatic heterocycles. The van der Waals surface area contributed by atoms with E-state index in [9.17, 15) is 22.8 Å². The highest BCUT2D eigenvalue weighted by Crippen LogP contribution is 2.35. The summed E-state index contributed by atoms with van der Waals surface area (Å²) in [6.07, 6.45) is 0.560. The molecule has 0 unspecified atom stereocenters. The average Bonchev–Trinajstić information content (AvgIpc) is 3.54. The summed E-state index contributed by atoms with van der Waals surface area (Å²) in [5.74, 6) is 0.163. The lowest BCUT2D eigenvalue weighted by molar-refractivity contribution is -0.137. The number of nitrogens with one attached hydrogen (secondary N) is 3. The maximum atomic E-state index is 13.8. The van der Waals surface area contributed by atoms with Crippen molar-refractivity contribution in [2.24, 2.45) is 0 Å². The van der Waals surface area contributed by atoms with E-state index in [2.05, 4.69) is 30.9 Å². The number of hydrogen-bond donors (Lipinski definition) is 3. The lowest BCUT2D eigenvalue weighted by Gasteiger charge is -2.15. The number of benzene rings is 2. The van der Waals surface area contributed by atoms with Crippen molar-refractivity contribution in [3.63, 3.8) is 0 Å². The minimum atomic E-state index is -4.63. The second kappa shape index (κ2) is 10.8. The number of amides is 2. The van der Waals surface area contributed by atoms with E-state index in [1.54, 1.807) is 44.5 Å². The van der Waals surface area contributed by atoms with Gasteiger partial charge in [0, 0.05) is 40.2 Å². The summed E-state index contributed by atoms with van der Waals surface area (Å²) in [4.78, 5) is 39.4. The molecule has 43 heavy (non-hydrogen) atoms. The van der Waals surface area contributed by atoms with Crippen LogP contribution in [0.2, 0.25) is 0 Å². The first kappa shape index (κ1) is 28.3. The van der Waals surface area contributed by atoms with Crippen LogP contribution in [0.15, 0.2) is 54.3 Å². The molecular formula is C30H26F3N7O2S. The minimum Gasteiger partial charge on any atom is -0.366 e. The summed E-state index contributed by atoms with van der Waals surface area (Å²) in [6.45, 7) is 5.20. The molecule has 1 aliphatic rings. The molecule has 1 aliphatic carbocycles. The second-order valence-electron chi connectivity index (χ2n) is 10.5. The molecule has 0 aliphatic heterocycles. The molecule has 5 aromatic rings. The molecule has 0 atom stereocenters. The van der Waals surface area contributed by atoms with Crippen LogP contribution >= 0.6 is 11.3 Å². The molecule has 1 fully saturated rings. The van der Waals surface area contributed by atoms with E-state index >= 15 is 0 Å². The van der Waals surface area contributed by atoms with Gasteiger partial charge in [0.25, 0.3) is 11.8 Å². The van der Waals surface area contributed by atoms with Gasteiger partial charge in [-0.15, -0.1) is 11.3 Å².